The van der Waals surface area contributed by atoms with Crippen LogP contribution in [0.25, 0.3) is 0 Å². The molecule has 2 nitrogen and oxygen atoms in total. The summed E-state index contributed by atoms with van der Waals surface area (Å²) in [5, 5.41) is 4.39. The predicted molar refractivity (Wildman–Crippen MR) is 67.2 cm³/mol. The Hall–Kier alpha value is -0.730. The van der Waals surface area contributed by atoms with E-state index in [0.29, 0.717) is 12.1 Å². The SMILES string of the molecule is CCC(NC1CC1)c1cc(Cl)ccc1OC. The molecule has 1 aromatic carbocycles. The molecule has 0 aliphatic heterocycles. The van der Waals surface area contributed by atoms with Gasteiger partial charge in [-0.1, -0.05) is 18.5 Å². The van der Waals surface area contributed by atoms with Gasteiger partial charge in [-0.05, 0) is 37.5 Å². The predicted octanol–water partition coefficient (Wildman–Crippen LogP) is 3.55. The van der Waals surface area contributed by atoms with Crippen molar-refractivity contribution < 1.29 is 4.74 Å². The van der Waals surface area contributed by atoms with Gasteiger partial charge in [0.05, 0.1) is 7.11 Å². The Morgan fingerprint density at radius 3 is 2.81 bits per heavy atom. The van der Waals surface area contributed by atoms with Crippen LogP contribution in [-0.4, -0.2) is 13.2 Å². The van der Waals surface area contributed by atoms with Gasteiger partial charge in [0.25, 0.3) is 0 Å². The fraction of sp³-hybridized carbons (Fsp3) is 0.538. The number of halogens is 1. The van der Waals surface area contributed by atoms with E-state index in [0.717, 1.165) is 17.2 Å². The van der Waals surface area contributed by atoms with Gasteiger partial charge < -0.3 is 10.1 Å². The maximum atomic E-state index is 6.04. The zero-order chi connectivity index (χ0) is 11.5. The van der Waals surface area contributed by atoms with Gasteiger partial charge >= 0.3 is 0 Å². The molecule has 1 aromatic rings. The van der Waals surface area contributed by atoms with E-state index in [1.54, 1.807) is 7.11 Å². The Bertz CT molecular complexity index is 363. The second-order valence-electron chi connectivity index (χ2n) is 4.29. The van der Waals surface area contributed by atoms with Crippen molar-refractivity contribution in [2.75, 3.05) is 7.11 Å². The van der Waals surface area contributed by atoms with Gasteiger partial charge in [0.2, 0.25) is 0 Å². The maximum absolute atomic E-state index is 6.04. The third-order valence-corrected chi connectivity index (χ3v) is 3.22. The van der Waals surface area contributed by atoms with Gasteiger partial charge in [-0.3, -0.25) is 0 Å². The van der Waals surface area contributed by atoms with E-state index in [2.05, 4.69) is 12.2 Å². The highest BCUT2D eigenvalue weighted by molar-refractivity contribution is 6.30. The van der Waals surface area contributed by atoms with Crippen molar-refractivity contribution in [3.8, 4) is 5.75 Å². The van der Waals surface area contributed by atoms with Gasteiger partial charge in [0.1, 0.15) is 5.75 Å². The smallest absolute Gasteiger partial charge is 0.123 e. The van der Waals surface area contributed by atoms with E-state index in [-0.39, 0.29) is 0 Å². The van der Waals surface area contributed by atoms with Crippen LogP contribution < -0.4 is 10.1 Å². The quantitative estimate of drug-likeness (QED) is 0.849. The van der Waals surface area contributed by atoms with Crippen molar-refractivity contribution in [2.45, 2.75) is 38.3 Å². The molecule has 2 rings (SSSR count). The van der Waals surface area contributed by atoms with E-state index in [1.165, 1.54) is 18.4 Å². The molecule has 1 saturated carbocycles. The lowest BCUT2D eigenvalue weighted by atomic mass is 10.0. The van der Waals surface area contributed by atoms with Gasteiger partial charge in [-0.15, -0.1) is 0 Å². The molecular weight excluding hydrogens is 222 g/mol. The van der Waals surface area contributed by atoms with E-state index in [4.69, 9.17) is 16.3 Å². The first-order chi connectivity index (χ1) is 7.74. The van der Waals surface area contributed by atoms with E-state index in [1.807, 2.05) is 18.2 Å². The van der Waals surface area contributed by atoms with Crippen LogP contribution in [0.15, 0.2) is 18.2 Å². The normalized spacial score (nSPS) is 17.2. The lowest BCUT2D eigenvalue weighted by molar-refractivity contribution is 0.396. The molecule has 0 spiro atoms. The van der Waals surface area contributed by atoms with Crippen molar-refractivity contribution >= 4 is 11.6 Å². The van der Waals surface area contributed by atoms with E-state index >= 15 is 0 Å². The standard InChI is InChI=1S/C13H18ClNO/c1-3-12(15-10-5-6-10)11-8-9(14)4-7-13(11)16-2/h4,7-8,10,12,15H,3,5-6H2,1-2H3. The van der Waals surface area contributed by atoms with Crippen molar-refractivity contribution in [2.24, 2.45) is 0 Å². The number of benzene rings is 1. The second kappa shape index (κ2) is 5.07. The fourth-order valence-electron chi connectivity index (χ4n) is 1.94. The summed E-state index contributed by atoms with van der Waals surface area (Å²) >= 11 is 6.04. The minimum Gasteiger partial charge on any atom is -0.496 e. The van der Waals surface area contributed by atoms with Crippen LogP contribution in [0.3, 0.4) is 0 Å². The van der Waals surface area contributed by atoms with Crippen LogP contribution in [0.1, 0.15) is 37.8 Å². The van der Waals surface area contributed by atoms with Crippen molar-refractivity contribution in [1.82, 2.24) is 5.32 Å². The Kier molecular flexibility index (Phi) is 3.72. The Labute approximate surface area is 102 Å². The van der Waals surface area contributed by atoms with Crippen LogP contribution in [0, 0.1) is 0 Å². The summed E-state index contributed by atoms with van der Waals surface area (Å²) in [7, 11) is 1.70. The molecule has 1 N–H and O–H groups in total. The highest BCUT2D eigenvalue weighted by atomic mass is 35.5. The van der Waals surface area contributed by atoms with Gasteiger partial charge in [-0.25, -0.2) is 0 Å². The topological polar surface area (TPSA) is 21.3 Å². The van der Waals surface area contributed by atoms with Crippen LogP contribution in [0.5, 0.6) is 5.75 Å². The number of nitrogens with one attached hydrogen (secondary N) is 1. The van der Waals surface area contributed by atoms with Crippen molar-refractivity contribution in [1.29, 1.82) is 0 Å². The molecule has 88 valence electrons. The lowest BCUT2D eigenvalue weighted by Crippen LogP contribution is -2.23. The molecule has 16 heavy (non-hydrogen) atoms. The first kappa shape index (κ1) is 11.7. The van der Waals surface area contributed by atoms with Crippen LogP contribution >= 0.6 is 11.6 Å². The Balaban J connectivity index is 2.23. The van der Waals surface area contributed by atoms with E-state index < -0.39 is 0 Å². The number of ether oxygens (including phenoxy) is 1. The summed E-state index contributed by atoms with van der Waals surface area (Å²) < 4.78 is 5.39. The van der Waals surface area contributed by atoms with Crippen LogP contribution in [0.2, 0.25) is 5.02 Å². The second-order valence-corrected chi connectivity index (χ2v) is 4.72. The molecule has 1 unspecified atom stereocenters. The van der Waals surface area contributed by atoms with Crippen molar-refractivity contribution in [3.05, 3.63) is 28.8 Å². The van der Waals surface area contributed by atoms with Crippen molar-refractivity contribution in [3.63, 3.8) is 0 Å². The Morgan fingerprint density at radius 2 is 2.25 bits per heavy atom. The molecule has 0 amide bonds. The van der Waals surface area contributed by atoms with Gasteiger partial charge in [0.15, 0.2) is 0 Å². The molecule has 0 saturated heterocycles. The molecule has 0 bridgehead atoms. The van der Waals surface area contributed by atoms with Crippen LogP contribution in [-0.2, 0) is 0 Å². The monoisotopic (exact) mass is 239 g/mol. The summed E-state index contributed by atoms with van der Waals surface area (Å²) in [4.78, 5) is 0. The molecule has 0 heterocycles. The van der Waals surface area contributed by atoms with Gasteiger partial charge in [-0.2, -0.15) is 0 Å². The largest absolute Gasteiger partial charge is 0.496 e. The first-order valence-electron chi connectivity index (χ1n) is 5.84. The fourth-order valence-corrected chi connectivity index (χ4v) is 2.12. The van der Waals surface area contributed by atoms with Crippen LogP contribution in [0.4, 0.5) is 0 Å². The zero-order valence-corrected chi connectivity index (χ0v) is 10.6. The summed E-state index contributed by atoms with van der Waals surface area (Å²) in [5.41, 5.74) is 1.17. The summed E-state index contributed by atoms with van der Waals surface area (Å²) in [6, 6.07) is 6.85. The summed E-state index contributed by atoms with van der Waals surface area (Å²) in [5.74, 6) is 0.921. The third-order valence-electron chi connectivity index (χ3n) is 2.99. The first-order valence-corrected chi connectivity index (χ1v) is 6.22. The highest BCUT2D eigenvalue weighted by Crippen LogP contribution is 2.32. The highest BCUT2D eigenvalue weighted by Gasteiger charge is 2.25. The average Bonchev–Trinajstić information content (AvgIpc) is 3.09. The molecular formula is C13H18ClNO. The van der Waals surface area contributed by atoms with E-state index in [9.17, 15) is 0 Å². The number of methoxy groups -OCH3 is 1. The average molecular weight is 240 g/mol. The lowest BCUT2D eigenvalue weighted by Gasteiger charge is -2.20. The summed E-state index contributed by atoms with van der Waals surface area (Å²) in [6.07, 6.45) is 3.63. The summed E-state index contributed by atoms with van der Waals surface area (Å²) in [6.45, 7) is 2.18. The maximum Gasteiger partial charge on any atom is 0.123 e. The number of hydrogen-bond donors (Lipinski definition) is 1. The molecule has 1 aliphatic rings. The number of hydrogen-bond acceptors (Lipinski definition) is 2. The molecule has 1 aliphatic carbocycles. The minimum atomic E-state index is 0.348. The molecule has 1 atom stereocenters. The zero-order valence-electron chi connectivity index (χ0n) is 9.79. The Morgan fingerprint density at radius 1 is 1.50 bits per heavy atom. The minimum absolute atomic E-state index is 0.348. The van der Waals surface area contributed by atoms with Gasteiger partial charge in [0, 0.05) is 22.7 Å². The molecule has 0 aromatic heterocycles. The molecule has 3 heteroatoms. The third kappa shape index (κ3) is 2.69. The molecule has 0 radical (unpaired) electrons. The molecule has 1 fully saturated rings. The number of rotatable bonds is 5.